The first-order valence-electron chi connectivity index (χ1n) is 6.77. The van der Waals surface area contributed by atoms with Crippen LogP contribution in [0.3, 0.4) is 0 Å². The molecule has 21 heavy (non-hydrogen) atoms. The normalized spacial score (nSPS) is 12.7. The van der Waals surface area contributed by atoms with E-state index in [1.165, 1.54) is 6.07 Å². The van der Waals surface area contributed by atoms with Gasteiger partial charge in [0.1, 0.15) is 6.04 Å². The Morgan fingerprint density at radius 3 is 2.62 bits per heavy atom. The van der Waals surface area contributed by atoms with Gasteiger partial charge in [-0.05, 0) is 19.1 Å². The first-order valence-corrected chi connectivity index (χ1v) is 8.42. The van der Waals surface area contributed by atoms with E-state index in [4.69, 9.17) is 4.74 Å². The standard InChI is InChI=1S/C14H22N2O4S/c1-4-21(18,19)13-8-6-5-7-12(13)16-11(2)14(17)15-9-10-20-3/h5-8,11,16H,4,9-10H2,1-3H3,(H,15,17). The van der Waals surface area contributed by atoms with Crippen LogP contribution in [0.5, 0.6) is 0 Å². The van der Waals surface area contributed by atoms with Gasteiger partial charge in [0.2, 0.25) is 5.91 Å². The van der Waals surface area contributed by atoms with Crippen molar-refractivity contribution in [3.05, 3.63) is 24.3 Å². The van der Waals surface area contributed by atoms with Gasteiger partial charge in [-0.2, -0.15) is 0 Å². The molecule has 0 fully saturated rings. The Morgan fingerprint density at radius 1 is 1.33 bits per heavy atom. The van der Waals surface area contributed by atoms with Gasteiger partial charge in [0.05, 0.1) is 22.9 Å². The van der Waals surface area contributed by atoms with Crippen LogP contribution in [0.2, 0.25) is 0 Å². The number of hydrogen-bond donors (Lipinski definition) is 2. The number of benzene rings is 1. The number of ether oxygens (including phenoxy) is 1. The van der Waals surface area contributed by atoms with Crippen molar-refractivity contribution in [3.8, 4) is 0 Å². The summed E-state index contributed by atoms with van der Waals surface area (Å²) in [6.45, 7) is 4.11. The summed E-state index contributed by atoms with van der Waals surface area (Å²) in [4.78, 5) is 12.1. The van der Waals surface area contributed by atoms with Crippen LogP contribution in [0.25, 0.3) is 0 Å². The highest BCUT2D eigenvalue weighted by Crippen LogP contribution is 2.22. The molecule has 1 amide bonds. The van der Waals surface area contributed by atoms with E-state index in [9.17, 15) is 13.2 Å². The van der Waals surface area contributed by atoms with Gasteiger partial charge in [0.15, 0.2) is 9.84 Å². The number of methoxy groups -OCH3 is 1. The third-order valence-electron chi connectivity index (χ3n) is 2.97. The maximum Gasteiger partial charge on any atom is 0.242 e. The summed E-state index contributed by atoms with van der Waals surface area (Å²) in [6.07, 6.45) is 0. The molecule has 118 valence electrons. The molecule has 0 saturated carbocycles. The summed E-state index contributed by atoms with van der Waals surface area (Å²) in [7, 11) is -1.78. The summed E-state index contributed by atoms with van der Waals surface area (Å²) in [6, 6.07) is 6.04. The molecule has 0 heterocycles. The van der Waals surface area contributed by atoms with Crippen LogP contribution in [0.15, 0.2) is 29.2 Å². The molecule has 1 atom stereocenters. The predicted octanol–water partition coefficient (Wildman–Crippen LogP) is 1.04. The summed E-state index contributed by atoms with van der Waals surface area (Å²) >= 11 is 0. The Balaban J connectivity index is 2.81. The van der Waals surface area contributed by atoms with E-state index in [-0.39, 0.29) is 16.6 Å². The van der Waals surface area contributed by atoms with Crippen LogP contribution in [-0.2, 0) is 19.4 Å². The zero-order valence-electron chi connectivity index (χ0n) is 12.5. The van der Waals surface area contributed by atoms with Gasteiger partial charge in [-0.15, -0.1) is 0 Å². The van der Waals surface area contributed by atoms with Crippen LogP contribution in [0, 0.1) is 0 Å². The maximum atomic E-state index is 12.0. The summed E-state index contributed by atoms with van der Waals surface area (Å²) in [5.41, 5.74) is 0.439. The molecule has 0 aliphatic carbocycles. The Labute approximate surface area is 125 Å². The molecular formula is C14H22N2O4S. The number of amides is 1. The zero-order chi connectivity index (χ0) is 15.9. The third kappa shape index (κ3) is 5.02. The van der Waals surface area contributed by atoms with E-state index in [1.807, 2.05) is 0 Å². The van der Waals surface area contributed by atoms with Gasteiger partial charge in [0, 0.05) is 13.7 Å². The Hall–Kier alpha value is -1.60. The molecule has 0 radical (unpaired) electrons. The van der Waals surface area contributed by atoms with E-state index < -0.39 is 15.9 Å². The molecule has 0 spiro atoms. The average Bonchev–Trinajstić information content (AvgIpc) is 2.47. The minimum atomic E-state index is -3.34. The van der Waals surface area contributed by atoms with Crippen molar-refractivity contribution in [2.75, 3.05) is 31.3 Å². The lowest BCUT2D eigenvalue weighted by Crippen LogP contribution is -2.39. The molecule has 0 aromatic heterocycles. The lowest BCUT2D eigenvalue weighted by atomic mass is 10.2. The first kappa shape index (κ1) is 17.5. The van der Waals surface area contributed by atoms with E-state index in [2.05, 4.69) is 10.6 Å². The van der Waals surface area contributed by atoms with E-state index in [1.54, 1.807) is 39.2 Å². The third-order valence-corrected chi connectivity index (χ3v) is 4.76. The van der Waals surface area contributed by atoms with Crippen LogP contribution in [0.4, 0.5) is 5.69 Å². The maximum absolute atomic E-state index is 12.0. The SMILES string of the molecule is CCS(=O)(=O)c1ccccc1NC(C)C(=O)NCCOC. The summed E-state index contributed by atoms with van der Waals surface area (Å²) in [5, 5.41) is 5.65. The van der Waals surface area contributed by atoms with Crippen LogP contribution in [0.1, 0.15) is 13.8 Å². The molecule has 0 aliphatic rings. The van der Waals surface area contributed by atoms with Gasteiger partial charge in [-0.1, -0.05) is 19.1 Å². The second-order valence-electron chi connectivity index (χ2n) is 4.55. The van der Waals surface area contributed by atoms with Gasteiger partial charge >= 0.3 is 0 Å². The smallest absolute Gasteiger partial charge is 0.242 e. The summed E-state index contributed by atoms with van der Waals surface area (Å²) in [5.74, 6) is -0.198. The van der Waals surface area contributed by atoms with Crippen molar-refractivity contribution in [1.29, 1.82) is 0 Å². The van der Waals surface area contributed by atoms with Gasteiger partial charge in [0.25, 0.3) is 0 Å². The van der Waals surface area contributed by atoms with Crippen molar-refractivity contribution in [3.63, 3.8) is 0 Å². The summed E-state index contributed by atoms with van der Waals surface area (Å²) < 4.78 is 28.9. The Morgan fingerprint density at radius 2 is 2.00 bits per heavy atom. The molecule has 0 aliphatic heterocycles. The van der Waals surface area contributed by atoms with Crippen molar-refractivity contribution in [2.45, 2.75) is 24.8 Å². The minimum absolute atomic E-state index is 0.0140. The number of anilines is 1. The van der Waals surface area contributed by atoms with Gasteiger partial charge in [-0.3, -0.25) is 4.79 Å². The molecule has 6 nitrogen and oxygen atoms in total. The Bertz CT molecular complexity index is 572. The molecule has 1 aromatic carbocycles. The quantitative estimate of drug-likeness (QED) is 0.701. The monoisotopic (exact) mass is 314 g/mol. The van der Waals surface area contributed by atoms with Crippen LogP contribution >= 0.6 is 0 Å². The highest BCUT2D eigenvalue weighted by molar-refractivity contribution is 7.91. The number of carbonyl (C=O) groups excluding carboxylic acids is 1. The topological polar surface area (TPSA) is 84.5 Å². The minimum Gasteiger partial charge on any atom is -0.383 e. The molecule has 0 saturated heterocycles. The molecule has 0 bridgehead atoms. The molecule has 7 heteroatoms. The number of hydrogen-bond acceptors (Lipinski definition) is 5. The van der Waals surface area contributed by atoms with Crippen LogP contribution in [-0.4, -0.2) is 46.4 Å². The molecule has 1 aromatic rings. The van der Waals surface area contributed by atoms with Gasteiger partial charge in [-0.25, -0.2) is 8.42 Å². The largest absolute Gasteiger partial charge is 0.383 e. The second kappa shape index (κ2) is 7.99. The number of sulfone groups is 1. The zero-order valence-corrected chi connectivity index (χ0v) is 13.4. The highest BCUT2D eigenvalue weighted by atomic mass is 32.2. The lowest BCUT2D eigenvalue weighted by molar-refractivity contribution is -0.121. The van der Waals surface area contributed by atoms with Crippen molar-refractivity contribution < 1.29 is 17.9 Å². The number of nitrogens with one attached hydrogen (secondary N) is 2. The van der Waals surface area contributed by atoms with Crippen molar-refractivity contribution >= 4 is 21.4 Å². The number of para-hydroxylation sites is 1. The van der Waals surface area contributed by atoms with E-state index in [0.717, 1.165) is 0 Å². The number of carbonyl (C=O) groups is 1. The number of rotatable bonds is 8. The van der Waals surface area contributed by atoms with Gasteiger partial charge < -0.3 is 15.4 Å². The molecular weight excluding hydrogens is 292 g/mol. The van der Waals surface area contributed by atoms with E-state index in [0.29, 0.717) is 18.8 Å². The van der Waals surface area contributed by atoms with Crippen molar-refractivity contribution in [2.24, 2.45) is 0 Å². The van der Waals surface area contributed by atoms with E-state index >= 15 is 0 Å². The highest BCUT2D eigenvalue weighted by Gasteiger charge is 2.19. The fourth-order valence-electron chi connectivity index (χ4n) is 1.74. The second-order valence-corrected chi connectivity index (χ2v) is 6.80. The predicted molar refractivity (Wildman–Crippen MR) is 82.1 cm³/mol. The van der Waals surface area contributed by atoms with Crippen LogP contribution < -0.4 is 10.6 Å². The fraction of sp³-hybridized carbons (Fsp3) is 0.500. The molecule has 2 N–H and O–H groups in total. The Kier molecular flexibility index (Phi) is 6.64. The average molecular weight is 314 g/mol. The fourth-order valence-corrected chi connectivity index (χ4v) is 2.80. The molecule has 1 rings (SSSR count). The molecule has 1 unspecified atom stereocenters. The lowest BCUT2D eigenvalue weighted by Gasteiger charge is -2.17. The first-order chi connectivity index (χ1) is 9.92. The van der Waals surface area contributed by atoms with Crippen molar-refractivity contribution in [1.82, 2.24) is 5.32 Å².